The van der Waals surface area contributed by atoms with Gasteiger partial charge in [-0.25, -0.2) is 8.42 Å². The Morgan fingerprint density at radius 1 is 1.09 bits per heavy atom. The van der Waals surface area contributed by atoms with Crippen molar-refractivity contribution in [2.45, 2.75) is 46.7 Å². The fourth-order valence-corrected chi connectivity index (χ4v) is 4.63. The van der Waals surface area contributed by atoms with E-state index < -0.39 is 28.5 Å². The van der Waals surface area contributed by atoms with Crippen LogP contribution in [0.5, 0.6) is 0 Å². The minimum Gasteiger partial charge on any atom is -0.354 e. The van der Waals surface area contributed by atoms with Gasteiger partial charge in [0, 0.05) is 18.1 Å². The Morgan fingerprint density at radius 3 is 2.29 bits per heavy atom. The summed E-state index contributed by atoms with van der Waals surface area (Å²) in [4.78, 5) is 28.1. The molecule has 9 heteroatoms. The van der Waals surface area contributed by atoms with E-state index in [1.807, 2.05) is 51.1 Å². The van der Waals surface area contributed by atoms with Gasteiger partial charge < -0.3 is 10.2 Å². The molecule has 0 aliphatic rings. The van der Waals surface area contributed by atoms with Gasteiger partial charge in [0.1, 0.15) is 12.6 Å². The zero-order valence-electron chi connectivity index (χ0n) is 20.4. The molecule has 0 aromatic heterocycles. The van der Waals surface area contributed by atoms with Crippen molar-refractivity contribution in [3.8, 4) is 0 Å². The number of halogens is 1. The lowest BCUT2D eigenvalue weighted by atomic mass is 10.1. The van der Waals surface area contributed by atoms with Crippen LogP contribution in [0.1, 0.15) is 38.3 Å². The van der Waals surface area contributed by atoms with E-state index in [1.54, 1.807) is 19.1 Å². The quantitative estimate of drug-likeness (QED) is 0.498. The first-order valence-electron chi connectivity index (χ1n) is 11.3. The fraction of sp³-hybridized carbons (Fsp3) is 0.440. The van der Waals surface area contributed by atoms with E-state index in [0.29, 0.717) is 29.2 Å². The topological polar surface area (TPSA) is 86.8 Å². The Labute approximate surface area is 208 Å². The summed E-state index contributed by atoms with van der Waals surface area (Å²) >= 11 is 6.12. The summed E-state index contributed by atoms with van der Waals surface area (Å²) in [6.45, 7) is 7.79. The van der Waals surface area contributed by atoms with Gasteiger partial charge in [0.2, 0.25) is 21.8 Å². The number of nitrogens with zero attached hydrogens (tertiary/aromatic N) is 2. The molecule has 2 aromatic carbocycles. The van der Waals surface area contributed by atoms with Crippen LogP contribution < -0.4 is 9.62 Å². The second-order valence-corrected chi connectivity index (χ2v) is 11.1. The molecule has 0 spiro atoms. The molecule has 0 saturated heterocycles. The van der Waals surface area contributed by atoms with Gasteiger partial charge >= 0.3 is 0 Å². The van der Waals surface area contributed by atoms with Crippen LogP contribution in [-0.4, -0.2) is 50.5 Å². The zero-order valence-corrected chi connectivity index (χ0v) is 22.0. The van der Waals surface area contributed by atoms with Crippen molar-refractivity contribution in [1.82, 2.24) is 10.2 Å². The van der Waals surface area contributed by atoms with Crippen molar-refractivity contribution in [2.75, 3.05) is 23.7 Å². The number of rotatable bonds is 11. The largest absolute Gasteiger partial charge is 0.354 e. The van der Waals surface area contributed by atoms with Crippen molar-refractivity contribution < 1.29 is 18.0 Å². The van der Waals surface area contributed by atoms with E-state index in [0.717, 1.165) is 16.1 Å². The van der Waals surface area contributed by atoms with Gasteiger partial charge in [-0.1, -0.05) is 68.8 Å². The minimum absolute atomic E-state index is 0.180. The number of hydrogen-bond donors (Lipinski definition) is 1. The lowest BCUT2D eigenvalue weighted by Gasteiger charge is -2.33. The smallest absolute Gasteiger partial charge is 0.244 e. The summed E-state index contributed by atoms with van der Waals surface area (Å²) in [5, 5.41) is 3.27. The van der Waals surface area contributed by atoms with Crippen LogP contribution in [0.25, 0.3) is 0 Å². The van der Waals surface area contributed by atoms with Crippen molar-refractivity contribution in [1.29, 1.82) is 0 Å². The molecule has 2 amide bonds. The third-order valence-electron chi connectivity index (χ3n) is 5.39. The fourth-order valence-electron chi connectivity index (χ4n) is 3.57. The first-order valence-corrected chi connectivity index (χ1v) is 13.5. The molecule has 0 aliphatic heterocycles. The Balaban J connectivity index is 2.43. The zero-order chi connectivity index (χ0) is 25.5. The van der Waals surface area contributed by atoms with Crippen molar-refractivity contribution in [2.24, 2.45) is 5.92 Å². The lowest BCUT2D eigenvalue weighted by Crippen LogP contribution is -2.52. The highest BCUT2D eigenvalue weighted by molar-refractivity contribution is 7.92. The molecule has 1 atom stereocenters. The standard InChI is InChI=1S/C25H34ClN3O4S/c1-6-22(25(31)27-15-18(2)3)28(16-20-10-8-7-9-11-20)24(30)17-29(34(5,32)33)23-14-21(26)13-12-19(23)4/h7-14,18,22H,6,15-17H2,1-5H3,(H,27,31)/t22-/m1/s1. The Bertz CT molecular complexity index is 1090. The molecule has 0 aliphatic carbocycles. The maximum absolute atomic E-state index is 13.6. The van der Waals surface area contributed by atoms with Crippen LogP contribution >= 0.6 is 11.6 Å². The summed E-state index contributed by atoms with van der Waals surface area (Å²) in [7, 11) is -3.81. The molecule has 0 heterocycles. The van der Waals surface area contributed by atoms with E-state index in [9.17, 15) is 18.0 Å². The lowest BCUT2D eigenvalue weighted by molar-refractivity contribution is -0.140. The molecule has 7 nitrogen and oxygen atoms in total. The van der Waals surface area contributed by atoms with Gasteiger partial charge in [-0.2, -0.15) is 0 Å². The molecule has 0 saturated carbocycles. The average Bonchev–Trinajstić information content (AvgIpc) is 2.77. The van der Waals surface area contributed by atoms with Crippen LogP contribution in [0.4, 0.5) is 5.69 Å². The highest BCUT2D eigenvalue weighted by Gasteiger charge is 2.32. The maximum atomic E-state index is 13.6. The van der Waals surface area contributed by atoms with Crippen molar-refractivity contribution in [3.05, 3.63) is 64.7 Å². The number of sulfonamides is 1. The summed E-state index contributed by atoms with van der Waals surface area (Å²) < 4.78 is 26.4. The van der Waals surface area contributed by atoms with Gasteiger partial charge in [0.15, 0.2) is 0 Å². The van der Waals surface area contributed by atoms with E-state index in [1.165, 1.54) is 11.0 Å². The highest BCUT2D eigenvalue weighted by atomic mass is 35.5. The van der Waals surface area contributed by atoms with Crippen molar-refractivity contribution >= 4 is 39.1 Å². The van der Waals surface area contributed by atoms with E-state index in [2.05, 4.69) is 5.32 Å². The van der Waals surface area contributed by atoms with Gasteiger partial charge in [0.05, 0.1) is 11.9 Å². The molecule has 2 aromatic rings. The number of anilines is 1. The van der Waals surface area contributed by atoms with Crippen molar-refractivity contribution in [3.63, 3.8) is 0 Å². The number of aryl methyl sites for hydroxylation is 1. The average molecular weight is 508 g/mol. The molecule has 0 radical (unpaired) electrons. The molecular weight excluding hydrogens is 474 g/mol. The maximum Gasteiger partial charge on any atom is 0.244 e. The van der Waals surface area contributed by atoms with E-state index in [-0.39, 0.29) is 18.4 Å². The Kier molecular flexibility index (Phi) is 9.94. The molecule has 34 heavy (non-hydrogen) atoms. The second kappa shape index (κ2) is 12.2. The normalized spacial score (nSPS) is 12.3. The summed E-state index contributed by atoms with van der Waals surface area (Å²) in [6, 6.07) is 13.5. The van der Waals surface area contributed by atoms with E-state index in [4.69, 9.17) is 11.6 Å². The monoisotopic (exact) mass is 507 g/mol. The molecular formula is C25H34ClN3O4S. The number of amides is 2. The van der Waals surface area contributed by atoms with Gasteiger partial charge in [-0.3, -0.25) is 13.9 Å². The van der Waals surface area contributed by atoms with E-state index >= 15 is 0 Å². The first-order chi connectivity index (χ1) is 15.9. The third-order valence-corrected chi connectivity index (χ3v) is 6.75. The highest BCUT2D eigenvalue weighted by Crippen LogP contribution is 2.27. The SMILES string of the molecule is CC[C@H](C(=O)NCC(C)C)N(Cc1ccccc1)C(=O)CN(c1cc(Cl)ccc1C)S(C)(=O)=O. The predicted molar refractivity (Wildman–Crippen MR) is 137 cm³/mol. The summed E-state index contributed by atoms with van der Waals surface area (Å²) in [5.74, 6) is -0.475. The van der Waals surface area contributed by atoms with Gasteiger partial charge in [-0.15, -0.1) is 0 Å². The molecule has 2 rings (SSSR count). The number of carbonyl (C=O) groups is 2. The predicted octanol–water partition coefficient (Wildman–Crippen LogP) is 3.99. The summed E-state index contributed by atoms with van der Waals surface area (Å²) in [5.41, 5.74) is 1.84. The molecule has 0 unspecified atom stereocenters. The third kappa shape index (κ3) is 7.74. The van der Waals surface area contributed by atoms with Gasteiger partial charge in [-0.05, 0) is 42.5 Å². The van der Waals surface area contributed by atoms with Crippen LogP contribution in [0.2, 0.25) is 5.02 Å². The number of nitrogens with one attached hydrogen (secondary N) is 1. The first kappa shape index (κ1) is 27.7. The molecule has 186 valence electrons. The van der Waals surface area contributed by atoms with Crippen LogP contribution in [-0.2, 0) is 26.2 Å². The van der Waals surface area contributed by atoms with Crippen LogP contribution in [0.3, 0.4) is 0 Å². The second-order valence-electron chi connectivity index (χ2n) is 8.77. The number of benzene rings is 2. The van der Waals surface area contributed by atoms with Crippen LogP contribution in [0.15, 0.2) is 48.5 Å². The Morgan fingerprint density at radius 2 is 1.74 bits per heavy atom. The number of carbonyl (C=O) groups excluding carboxylic acids is 2. The van der Waals surface area contributed by atoms with Gasteiger partial charge in [0.25, 0.3) is 0 Å². The summed E-state index contributed by atoms with van der Waals surface area (Å²) in [6.07, 6.45) is 1.44. The molecule has 0 fully saturated rings. The van der Waals surface area contributed by atoms with Crippen LogP contribution in [0, 0.1) is 12.8 Å². The number of hydrogen-bond acceptors (Lipinski definition) is 4. The molecule has 0 bridgehead atoms. The molecule has 1 N–H and O–H groups in total. The minimum atomic E-state index is -3.81. The Hall–Kier alpha value is -2.58.